The second-order valence-electron chi connectivity index (χ2n) is 5.66. The molecule has 0 atom stereocenters. The van der Waals surface area contributed by atoms with Crippen LogP contribution in [-0.2, 0) is 17.8 Å². The van der Waals surface area contributed by atoms with Crippen molar-refractivity contribution >= 4 is 5.91 Å². The maximum Gasteiger partial charge on any atom is 0.219 e. The highest BCUT2D eigenvalue weighted by atomic mass is 16.2. The molecule has 0 saturated heterocycles. The van der Waals surface area contributed by atoms with Crippen LogP contribution in [0.2, 0.25) is 0 Å². The van der Waals surface area contributed by atoms with Crippen molar-refractivity contribution in [2.45, 2.75) is 33.7 Å². The zero-order valence-electron chi connectivity index (χ0n) is 13.1. The van der Waals surface area contributed by atoms with Crippen molar-refractivity contribution in [1.82, 2.24) is 4.90 Å². The van der Waals surface area contributed by atoms with E-state index in [1.165, 1.54) is 22.3 Å². The van der Waals surface area contributed by atoms with Gasteiger partial charge in [0, 0.05) is 20.0 Å². The fourth-order valence-electron chi connectivity index (χ4n) is 2.28. The van der Waals surface area contributed by atoms with Gasteiger partial charge in [-0.2, -0.15) is 0 Å². The summed E-state index contributed by atoms with van der Waals surface area (Å²) in [5.74, 6) is 0.127. The van der Waals surface area contributed by atoms with Crippen LogP contribution in [-0.4, -0.2) is 17.4 Å². The van der Waals surface area contributed by atoms with Gasteiger partial charge in [0.15, 0.2) is 0 Å². The number of hydrogen-bond acceptors (Lipinski definition) is 1. The first-order chi connectivity index (χ1) is 10.0. The van der Waals surface area contributed by atoms with E-state index in [0.29, 0.717) is 6.54 Å². The molecule has 0 aromatic heterocycles. The molecule has 2 aromatic rings. The van der Waals surface area contributed by atoms with Gasteiger partial charge >= 0.3 is 0 Å². The number of hydrogen-bond donors (Lipinski definition) is 0. The summed E-state index contributed by atoms with van der Waals surface area (Å²) < 4.78 is 0. The summed E-state index contributed by atoms with van der Waals surface area (Å²) in [7, 11) is 0. The van der Waals surface area contributed by atoms with Crippen molar-refractivity contribution in [2.24, 2.45) is 0 Å². The lowest BCUT2D eigenvalue weighted by Gasteiger charge is -2.21. The van der Waals surface area contributed by atoms with Crippen LogP contribution in [0.1, 0.15) is 29.2 Å². The molecule has 0 fully saturated rings. The van der Waals surface area contributed by atoms with Crippen LogP contribution < -0.4 is 0 Å². The molecular weight excluding hydrogens is 258 g/mol. The molecule has 2 aromatic carbocycles. The Morgan fingerprint density at radius 1 is 0.857 bits per heavy atom. The first-order valence-electron chi connectivity index (χ1n) is 7.41. The van der Waals surface area contributed by atoms with Gasteiger partial charge in [-0.3, -0.25) is 4.79 Å². The minimum Gasteiger partial charge on any atom is -0.338 e. The number of carbonyl (C=O) groups excluding carboxylic acids is 1. The molecule has 0 unspecified atom stereocenters. The van der Waals surface area contributed by atoms with Gasteiger partial charge in [-0.05, 0) is 31.4 Å². The number of aryl methyl sites for hydroxylation is 2. The molecule has 0 aliphatic rings. The van der Waals surface area contributed by atoms with Gasteiger partial charge in [-0.25, -0.2) is 0 Å². The summed E-state index contributed by atoms with van der Waals surface area (Å²) in [6, 6.07) is 16.9. The Morgan fingerprint density at radius 2 is 1.33 bits per heavy atom. The van der Waals surface area contributed by atoms with Crippen LogP contribution in [0.5, 0.6) is 0 Å². The van der Waals surface area contributed by atoms with Crippen molar-refractivity contribution in [3.8, 4) is 0 Å². The number of benzene rings is 2. The zero-order valence-corrected chi connectivity index (χ0v) is 13.1. The minimum absolute atomic E-state index is 0.127. The van der Waals surface area contributed by atoms with Crippen LogP contribution >= 0.6 is 0 Å². The SMILES string of the molecule is CC(=O)N(CCc1ccc(C)cc1)Cc1ccc(C)cc1. The van der Waals surface area contributed by atoms with Crippen molar-refractivity contribution < 1.29 is 4.79 Å². The average Bonchev–Trinajstić information content (AvgIpc) is 2.47. The average molecular weight is 281 g/mol. The monoisotopic (exact) mass is 281 g/mol. The largest absolute Gasteiger partial charge is 0.338 e. The number of amides is 1. The van der Waals surface area contributed by atoms with E-state index in [4.69, 9.17) is 0 Å². The van der Waals surface area contributed by atoms with Gasteiger partial charge in [0.1, 0.15) is 0 Å². The first kappa shape index (κ1) is 15.3. The van der Waals surface area contributed by atoms with Crippen LogP contribution in [0.4, 0.5) is 0 Å². The normalized spacial score (nSPS) is 10.4. The van der Waals surface area contributed by atoms with Crippen LogP contribution in [0.15, 0.2) is 48.5 Å². The number of rotatable bonds is 5. The predicted molar refractivity (Wildman–Crippen MR) is 87.2 cm³/mol. The van der Waals surface area contributed by atoms with E-state index in [1.807, 2.05) is 4.90 Å². The summed E-state index contributed by atoms with van der Waals surface area (Å²) in [6.07, 6.45) is 0.895. The molecule has 1 amide bonds. The van der Waals surface area contributed by atoms with E-state index in [-0.39, 0.29) is 5.91 Å². The third-order valence-electron chi connectivity index (χ3n) is 3.73. The highest BCUT2D eigenvalue weighted by Crippen LogP contribution is 2.10. The molecule has 110 valence electrons. The smallest absolute Gasteiger partial charge is 0.219 e. The second kappa shape index (κ2) is 7.07. The van der Waals surface area contributed by atoms with Crippen molar-refractivity contribution in [1.29, 1.82) is 0 Å². The molecule has 0 aliphatic heterocycles. The van der Waals surface area contributed by atoms with Crippen LogP contribution in [0, 0.1) is 13.8 Å². The Kier molecular flexibility index (Phi) is 5.15. The summed E-state index contributed by atoms with van der Waals surface area (Å²) in [5.41, 5.74) is 4.96. The quantitative estimate of drug-likeness (QED) is 0.814. The fraction of sp³-hybridized carbons (Fsp3) is 0.316. The molecule has 2 heteroatoms. The molecule has 21 heavy (non-hydrogen) atoms. The van der Waals surface area contributed by atoms with Crippen molar-refractivity contribution in [3.63, 3.8) is 0 Å². The van der Waals surface area contributed by atoms with Gasteiger partial charge in [0.25, 0.3) is 0 Å². The van der Waals surface area contributed by atoms with Gasteiger partial charge in [-0.15, -0.1) is 0 Å². The highest BCUT2D eigenvalue weighted by Gasteiger charge is 2.09. The van der Waals surface area contributed by atoms with E-state index in [2.05, 4.69) is 62.4 Å². The third kappa shape index (κ3) is 4.75. The predicted octanol–water partition coefficient (Wildman–Crippen LogP) is 3.89. The van der Waals surface area contributed by atoms with Gasteiger partial charge in [0.05, 0.1) is 0 Å². The maximum atomic E-state index is 11.8. The number of carbonyl (C=O) groups is 1. The molecule has 0 spiro atoms. The summed E-state index contributed by atoms with van der Waals surface area (Å²) in [5, 5.41) is 0. The summed E-state index contributed by atoms with van der Waals surface area (Å²) in [4.78, 5) is 13.7. The topological polar surface area (TPSA) is 20.3 Å². The third-order valence-corrected chi connectivity index (χ3v) is 3.73. The van der Waals surface area contributed by atoms with E-state index < -0.39 is 0 Å². The van der Waals surface area contributed by atoms with Crippen LogP contribution in [0.25, 0.3) is 0 Å². The molecule has 0 aliphatic carbocycles. The molecule has 0 N–H and O–H groups in total. The second-order valence-corrected chi connectivity index (χ2v) is 5.66. The van der Waals surface area contributed by atoms with E-state index in [1.54, 1.807) is 6.92 Å². The molecule has 0 heterocycles. The lowest BCUT2D eigenvalue weighted by Crippen LogP contribution is -2.30. The van der Waals surface area contributed by atoms with E-state index in [9.17, 15) is 4.79 Å². The molecule has 2 nitrogen and oxygen atoms in total. The summed E-state index contributed by atoms with van der Waals surface area (Å²) in [6.45, 7) is 7.24. The van der Waals surface area contributed by atoms with Gasteiger partial charge in [-0.1, -0.05) is 59.7 Å². The van der Waals surface area contributed by atoms with E-state index >= 15 is 0 Å². The molecular formula is C19H23NO. The number of nitrogens with zero attached hydrogens (tertiary/aromatic N) is 1. The maximum absolute atomic E-state index is 11.8. The fourth-order valence-corrected chi connectivity index (χ4v) is 2.28. The zero-order chi connectivity index (χ0) is 15.2. The Balaban J connectivity index is 1.97. The lowest BCUT2D eigenvalue weighted by atomic mass is 10.1. The Hall–Kier alpha value is -2.09. The Labute approximate surface area is 127 Å². The van der Waals surface area contributed by atoms with Crippen molar-refractivity contribution in [3.05, 3.63) is 70.8 Å². The Morgan fingerprint density at radius 3 is 1.81 bits per heavy atom. The summed E-state index contributed by atoms with van der Waals surface area (Å²) >= 11 is 0. The molecule has 0 bridgehead atoms. The van der Waals surface area contributed by atoms with Crippen molar-refractivity contribution in [2.75, 3.05) is 6.54 Å². The molecule has 0 radical (unpaired) electrons. The molecule has 0 saturated carbocycles. The van der Waals surface area contributed by atoms with Gasteiger partial charge < -0.3 is 4.90 Å². The molecule has 2 rings (SSSR count). The first-order valence-corrected chi connectivity index (χ1v) is 7.41. The van der Waals surface area contributed by atoms with Crippen LogP contribution in [0.3, 0.4) is 0 Å². The Bertz CT molecular complexity index is 584. The van der Waals surface area contributed by atoms with Gasteiger partial charge in [0.2, 0.25) is 5.91 Å². The minimum atomic E-state index is 0.127. The van der Waals surface area contributed by atoms with E-state index in [0.717, 1.165) is 13.0 Å². The highest BCUT2D eigenvalue weighted by molar-refractivity contribution is 5.73. The standard InChI is InChI=1S/C19H23NO/c1-15-4-8-18(9-5-15)12-13-20(17(3)21)14-19-10-6-16(2)7-11-19/h4-11H,12-14H2,1-3H3. The lowest BCUT2D eigenvalue weighted by molar-refractivity contribution is -0.129.